The van der Waals surface area contributed by atoms with E-state index in [4.69, 9.17) is 8.83 Å². The van der Waals surface area contributed by atoms with E-state index in [1.807, 2.05) is 23.5 Å². The van der Waals surface area contributed by atoms with Crippen molar-refractivity contribution >= 4 is 114 Å². The molecule has 4 heteroatoms. The van der Waals surface area contributed by atoms with Gasteiger partial charge in [-0.25, -0.2) is 0 Å². The van der Waals surface area contributed by atoms with Crippen molar-refractivity contribution in [1.29, 1.82) is 0 Å². The second-order valence-electron chi connectivity index (χ2n) is 15.6. The number of fused-ring (bicyclic) bond motifs is 13. The number of nitrogens with zero attached hydrogens (tertiary/aromatic N) is 1. The molecule has 60 heavy (non-hydrogen) atoms. The highest BCUT2D eigenvalue weighted by Crippen LogP contribution is 2.48. The lowest BCUT2D eigenvalue weighted by Gasteiger charge is -2.27. The molecule has 0 aliphatic heterocycles. The van der Waals surface area contributed by atoms with Gasteiger partial charge in [0.2, 0.25) is 0 Å². The maximum Gasteiger partial charge on any atom is 0.137 e. The van der Waals surface area contributed by atoms with Gasteiger partial charge in [0, 0.05) is 47.7 Å². The topological polar surface area (TPSA) is 29.5 Å². The number of thiophene rings is 1. The highest BCUT2D eigenvalue weighted by molar-refractivity contribution is 7.27. The Hall–Kier alpha value is -7.66. The minimum Gasteiger partial charge on any atom is -0.456 e. The van der Waals surface area contributed by atoms with Crippen molar-refractivity contribution in [2.75, 3.05) is 4.90 Å². The highest BCUT2D eigenvalue weighted by atomic mass is 32.1. The minimum absolute atomic E-state index is 0.864. The SMILES string of the molecule is c1cc(-c2cccc3c2sc2c3ccc3oc4ccccc4c32)cc(N(c2ccc(-c3ccc4ccc5ccccc5c4c3)cc2)c2cccc3oc4ccccc4c23)c1. The lowest BCUT2D eigenvalue weighted by Crippen LogP contribution is -2.10. The van der Waals surface area contributed by atoms with Gasteiger partial charge >= 0.3 is 0 Å². The molecule has 13 rings (SSSR count). The molecular weight excluding hydrogens is 751 g/mol. The number of furan rings is 2. The number of hydrogen-bond donors (Lipinski definition) is 0. The Morgan fingerprint density at radius 1 is 0.333 bits per heavy atom. The fraction of sp³-hybridized carbons (Fsp3) is 0. The van der Waals surface area contributed by atoms with E-state index in [1.54, 1.807) is 0 Å². The molecule has 13 aromatic rings. The first-order valence-electron chi connectivity index (χ1n) is 20.3. The van der Waals surface area contributed by atoms with Gasteiger partial charge < -0.3 is 13.7 Å². The van der Waals surface area contributed by atoms with Crippen LogP contribution in [0.3, 0.4) is 0 Å². The molecule has 0 aliphatic rings. The molecule has 280 valence electrons. The van der Waals surface area contributed by atoms with Crippen LogP contribution in [0.5, 0.6) is 0 Å². The number of anilines is 3. The number of benzene rings is 10. The molecule has 0 atom stereocenters. The van der Waals surface area contributed by atoms with E-state index in [0.717, 1.165) is 61.1 Å². The third-order valence-electron chi connectivity index (χ3n) is 12.2. The van der Waals surface area contributed by atoms with Gasteiger partial charge in [-0.2, -0.15) is 0 Å². The van der Waals surface area contributed by atoms with Crippen molar-refractivity contribution in [2.24, 2.45) is 0 Å². The van der Waals surface area contributed by atoms with Gasteiger partial charge in [0.1, 0.15) is 22.3 Å². The van der Waals surface area contributed by atoms with E-state index in [-0.39, 0.29) is 0 Å². The fourth-order valence-corrected chi connectivity index (χ4v) is 10.8. The monoisotopic (exact) mass is 783 g/mol. The number of hydrogen-bond acceptors (Lipinski definition) is 4. The summed E-state index contributed by atoms with van der Waals surface area (Å²) in [6.07, 6.45) is 0. The summed E-state index contributed by atoms with van der Waals surface area (Å²) < 4.78 is 15.3. The molecule has 3 heterocycles. The zero-order valence-corrected chi connectivity index (χ0v) is 33.0. The molecule has 10 aromatic carbocycles. The molecule has 0 fully saturated rings. The van der Waals surface area contributed by atoms with Crippen LogP contribution in [0.2, 0.25) is 0 Å². The average Bonchev–Trinajstić information content (AvgIpc) is 4.01. The Labute approximate surface area is 348 Å². The molecule has 0 N–H and O–H groups in total. The molecule has 0 saturated carbocycles. The van der Waals surface area contributed by atoms with Crippen molar-refractivity contribution in [1.82, 2.24) is 0 Å². The first kappa shape index (κ1) is 33.3. The van der Waals surface area contributed by atoms with E-state index in [9.17, 15) is 0 Å². The summed E-state index contributed by atoms with van der Waals surface area (Å²) >= 11 is 1.86. The predicted octanol–water partition coefficient (Wildman–Crippen LogP) is 17.0. The quantitative estimate of drug-likeness (QED) is 0.163. The molecule has 3 nitrogen and oxygen atoms in total. The third kappa shape index (κ3) is 5.01. The lowest BCUT2D eigenvalue weighted by atomic mass is 9.97. The highest BCUT2D eigenvalue weighted by Gasteiger charge is 2.21. The van der Waals surface area contributed by atoms with Crippen molar-refractivity contribution in [3.63, 3.8) is 0 Å². The Morgan fingerprint density at radius 3 is 1.78 bits per heavy atom. The molecule has 0 unspecified atom stereocenters. The van der Waals surface area contributed by atoms with Crippen LogP contribution in [0.1, 0.15) is 0 Å². The maximum atomic E-state index is 6.45. The minimum atomic E-state index is 0.864. The molecule has 0 radical (unpaired) electrons. The molecule has 0 saturated heterocycles. The number of rotatable bonds is 5. The molecule has 0 aliphatic carbocycles. The molecule has 0 amide bonds. The van der Waals surface area contributed by atoms with Crippen LogP contribution in [-0.4, -0.2) is 0 Å². The van der Waals surface area contributed by atoms with Gasteiger partial charge in [0.05, 0.1) is 11.1 Å². The van der Waals surface area contributed by atoms with Gasteiger partial charge in [-0.15, -0.1) is 11.3 Å². The summed E-state index contributed by atoms with van der Waals surface area (Å²) in [5.74, 6) is 0. The summed E-state index contributed by atoms with van der Waals surface area (Å²) in [7, 11) is 0. The van der Waals surface area contributed by atoms with Crippen LogP contribution in [0.15, 0.2) is 209 Å². The summed E-state index contributed by atoms with van der Waals surface area (Å²) in [4.78, 5) is 2.39. The van der Waals surface area contributed by atoms with E-state index in [0.29, 0.717) is 0 Å². The van der Waals surface area contributed by atoms with Crippen molar-refractivity contribution in [3.05, 3.63) is 200 Å². The fourth-order valence-electron chi connectivity index (χ4n) is 9.46. The molecule has 0 bridgehead atoms. The Morgan fingerprint density at radius 2 is 0.950 bits per heavy atom. The summed E-state index contributed by atoms with van der Waals surface area (Å²) in [6, 6.07) is 72.0. The average molecular weight is 784 g/mol. The van der Waals surface area contributed by atoms with E-state index < -0.39 is 0 Å². The first-order valence-corrected chi connectivity index (χ1v) is 21.1. The normalized spacial score (nSPS) is 12.0. The zero-order valence-electron chi connectivity index (χ0n) is 32.2. The van der Waals surface area contributed by atoms with Crippen molar-refractivity contribution in [3.8, 4) is 22.3 Å². The molecule has 0 spiro atoms. The lowest BCUT2D eigenvalue weighted by molar-refractivity contribution is 0.668. The largest absolute Gasteiger partial charge is 0.456 e. The second-order valence-corrected chi connectivity index (χ2v) is 16.6. The predicted molar refractivity (Wildman–Crippen MR) is 254 cm³/mol. The maximum absolute atomic E-state index is 6.45. The van der Waals surface area contributed by atoms with Crippen LogP contribution >= 0.6 is 11.3 Å². The van der Waals surface area contributed by atoms with E-state index >= 15 is 0 Å². The van der Waals surface area contributed by atoms with Crippen molar-refractivity contribution < 1.29 is 8.83 Å². The van der Waals surface area contributed by atoms with E-state index in [1.165, 1.54) is 63.8 Å². The van der Waals surface area contributed by atoms with Gasteiger partial charge in [-0.1, -0.05) is 133 Å². The molecular formula is C56H33NO2S. The van der Waals surface area contributed by atoms with E-state index in [2.05, 4.69) is 193 Å². The van der Waals surface area contributed by atoms with Crippen LogP contribution in [0.25, 0.3) is 108 Å². The summed E-state index contributed by atoms with van der Waals surface area (Å²) in [5, 5.41) is 12.1. The summed E-state index contributed by atoms with van der Waals surface area (Å²) in [5.41, 5.74) is 11.5. The Kier molecular flexibility index (Phi) is 7.18. The second kappa shape index (κ2) is 12.9. The van der Waals surface area contributed by atoms with Gasteiger partial charge in [-0.05, 0) is 111 Å². The van der Waals surface area contributed by atoms with Crippen LogP contribution in [0.4, 0.5) is 17.1 Å². The van der Waals surface area contributed by atoms with Crippen LogP contribution in [0, 0.1) is 0 Å². The van der Waals surface area contributed by atoms with Crippen LogP contribution in [-0.2, 0) is 0 Å². The summed E-state index contributed by atoms with van der Waals surface area (Å²) in [6.45, 7) is 0. The van der Waals surface area contributed by atoms with Gasteiger partial charge in [0.15, 0.2) is 0 Å². The standard InChI is InChI=1S/C56H33NO2S/c1-2-13-41-35(10-1)22-23-36-24-25-37(33-47(36)41)34-26-28-39(29-27-34)57(48-18-9-21-51-53(48)45-14-3-5-19-49(45)58-51)40-12-7-11-38(32-40)42-16-8-17-43-44-30-31-52-54(56(44)60-55(42)43)46-15-4-6-20-50(46)59-52/h1-33H. The zero-order chi connectivity index (χ0) is 39.3. The third-order valence-corrected chi connectivity index (χ3v) is 13.5. The Balaban J connectivity index is 0.985. The van der Waals surface area contributed by atoms with Gasteiger partial charge in [0.25, 0.3) is 0 Å². The smallest absolute Gasteiger partial charge is 0.137 e. The number of para-hydroxylation sites is 2. The van der Waals surface area contributed by atoms with Crippen molar-refractivity contribution in [2.45, 2.75) is 0 Å². The Bertz CT molecular complexity index is 3850. The first-order chi connectivity index (χ1) is 29.7. The molecule has 3 aromatic heterocycles. The van der Waals surface area contributed by atoms with Crippen LogP contribution < -0.4 is 4.90 Å². The van der Waals surface area contributed by atoms with Gasteiger partial charge in [-0.3, -0.25) is 0 Å².